The lowest BCUT2D eigenvalue weighted by molar-refractivity contribution is -0.111. The normalized spacial score (nSPS) is 14.9. The highest BCUT2D eigenvalue weighted by atomic mass is 35.5. The maximum Gasteiger partial charge on any atom is 0.198 e. The van der Waals surface area contributed by atoms with Gasteiger partial charge in [-0.2, -0.15) is 0 Å². The first kappa shape index (κ1) is 24.4. The second-order valence-electron chi connectivity index (χ2n) is 8.55. The van der Waals surface area contributed by atoms with Gasteiger partial charge in [-0.15, -0.1) is 5.10 Å². The lowest BCUT2D eigenvalue weighted by atomic mass is 10.1. The van der Waals surface area contributed by atoms with E-state index in [0.717, 1.165) is 28.3 Å². The van der Waals surface area contributed by atoms with Crippen molar-refractivity contribution < 1.29 is 14.3 Å². The van der Waals surface area contributed by atoms with Gasteiger partial charge in [-0.3, -0.25) is 9.69 Å². The van der Waals surface area contributed by atoms with Crippen molar-refractivity contribution in [3.8, 4) is 11.5 Å². The third-order valence-electron chi connectivity index (χ3n) is 6.10. The lowest BCUT2D eigenvalue weighted by Gasteiger charge is -2.33. The van der Waals surface area contributed by atoms with E-state index in [1.165, 1.54) is 6.92 Å². The Kier molecular flexibility index (Phi) is 7.10. The van der Waals surface area contributed by atoms with E-state index in [4.69, 9.17) is 26.2 Å². The number of hydrazone groups is 1. The Hall–Kier alpha value is -4.29. The van der Waals surface area contributed by atoms with Crippen LogP contribution in [0.5, 0.6) is 11.5 Å². The molecule has 0 saturated carbocycles. The summed E-state index contributed by atoms with van der Waals surface area (Å²) < 4.78 is 11.7. The van der Waals surface area contributed by atoms with Crippen molar-refractivity contribution in [1.29, 1.82) is 0 Å². The number of anilines is 2. The molecule has 0 spiro atoms. The molecule has 37 heavy (non-hydrogen) atoms. The zero-order valence-electron chi connectivity index (χ0n) is 20.5. The maximum atomic E-state index is 12.9. The van der Waals surface area contributed by atoms with Crippen LogP contribution in [-0.4, -0.2) is 18.7 Å². The number of para-hydroxylation sites is 1. The Morgan fingerprint density at radius 2 is 1.51 bits per heavy atom. The Labute approximate surface area is 221 Å². The molecule has 0 amide bonds. The molecule has 0 aliphatic carbocycles. The molecule has 0 N–H and O–H groups in total. The van der Waals surface area contributed by atoms with E-state index in [9.17, 15) is 4.79 Å². The number of Topliss-reactive ketones (excluding diaryl/α,β-unsaturated/α-hetero) is 1. The van der Waals surface area contributed by atoms with Crippen molar-refractivity contribution in [2.45, 2.75) is 19.7 Å². The quantitative estimate of drug-likeness (QED) is 0.259. The summed E-state index contributed by atoms with van der Waals surface area (Å²) >= 11 is 6.18. The summed E-state index contributed by atoms with van der Waals surface area (Å²) in [6, 6.07) is 32.8. The maximum absolute atomic E-state index is 12.9. The molecule has 0 saturated heterocycles. The summed E-state index contributed by atoms with van der Waals surface area (Å²) in [4.78, 5) is 14.8. The van der Waals surface area contributed by atoms with E-state index in [1.807, 2.05) is 113 Å². The first-order valence-corrected chi connectivity index (χ1v) is 12.3. The standard InChI is InChI=1S/C30H26ClN3O3/c1-21(35)29-32-34(25-14-12-23(31)13-15-25)30(33(29)24-16-18-26(36-2)19-17-24)27-10-6-7-11-28(27)37-20-22-8-4-3-5-9-22/h3-19,30H,20H2,1-2H3/t30-/m0/s1. The van der Waals surface area contributed by atoms with Gasteiger partial charge in [0, 0.05) is 23.2 Å². The summed E-state index contributed by atoms with van der Waals surface area (Å²) in [5.41, 5.74) is 3.52. The van der Waals surface area contributed by atoms with Crippen LogP contribution in [0.15, 0.2) is 108 Å². The number of ketones is 1. The predicted octanol–water partition coefficient (Wildman–Crippen LogP) is 6.86. The van der Waals surface area contributed by atoms with Gasteiger partial charge < -0.3 is 9.47 Å². The average Bonchev–Trinajstić information content (AvgIpc) is 3.34. The van der Waals surface area contributed by atoms with Crippen molar-refractivity contribution >= 4 is 34.6 Å². The number of amidine groups is 1. The van der Waals surface area contributed by atoms with Crippen molar-refractivity contribution in [2.75, 3.05) is 17.0 Å². The monoisotopic (exact) mass is 511 g/mol. The summed E-state index contributed by atoms with van der Waals surface area (Å²) in [5, 5.41) is 7.26. The van der Waals surface area contributed by atoms with Crippen LogP contribution in [0.1, 0.15) is 24.2 Å². The smallest absolute Gasteiger partial charge is 0.198 e. The third-order valence-corrected chi connectivity index (χ3v) is 6.35. The molecule has 0 unspecified atom stereocenters. The van der Waals surface area contributed by atoms with Crippen molar-refractivity contribution in [2.24, 2.45) is 5.10 Å². The van der Waals surface area contributed by atoms with Gasteiger partial charge in [0.1, 0.15) is 18.1 Å². The molecule has 0 bridgehead atoms. The topological polar surface area (TPSA) is 54.4 Å². The number of nitrogens with zero attached hydrogens (tertiary/aromatic N) is 3. The highest BCUT2D eigenvalue weighted by molar-refractivity contribution is 6.44. The molecular formula is C30H26ClN3O3. The van der Waals surface area contributed by atoms with Gasteiger partial charge in [-0.1, -0.05) is 60.1 Å². The van der Waals surface area contributed by atoms with Crippen LogP contribution >= 0.6 is 11.6 Å². The molecule has 4 aromatic carbocycles. The average molecular weight is 512 g/mol. The van der Waals surface area contributed by atoms with E-state index in [1.54, 1.807) is 7.11 Å². The van der Waals surface area contributed by atoms with Gasteiger partial charge in [0.25, 0.3) is 0 Å². The van der Waals surface area contributed by atoms with Gasteiger partial charge in [0.05, 0.1) is 12.8 Å². The zero-order valence-corrected chi connectivity index (χ0v) is 21.3. The Morgan fingerprint density at radius 3 is 2.19 bits per heavy atom. The molecule has 1 aliphatic heterocycles. The Bertz CT molecular complexity index is 1410. The second kappa shape index (κ2) is 10.8. The fourth-order valence-corrected chi connectivity index (χ4v) is 4.43. The highest BCUT2D eigenvalue weighted by Crippen LogP contribution is 2.42. The molecule has 1 heterocycles. The van der Waals surface area contributed by atoms with Gasteiger partial charge in [0.15, 0.2) is 17.8 Å². The van der Waals surface area contributed by atoms with Crippen LogP contribution in [-0.2, 0) is 11.4 Å². The molecule has 0 radical (unpaired) electrons. The van der Waals surface area contributed by atoms with E-state index < -0.39 is 6.17 Å². The molecule has 186 valence electrons. The Balaban J connectivity index is 1.62. The molecule has 4 aromatic rings. The number of halogens is 1. The number of methoxy groups -OCH3 is 1. The van der Waals surface area contributed by atoms with Crippen molar-refractivity contribution in [3.63, 3.8) is 0 Å². The minimum absolute atomic E-state index is 0.153. The molecule has 0 aromatic heterocycles. The van der Waals surface area contributed by atoms with Crippen LogP contribution in [0.4, 0.5) is 11.4 Å². The molecule has 0 fully saturated rings. The minimum atomic E-state index is -0.486. The minimum Gasteiger partial charge on any atom is -0.497 e. The van der Waals surface area contributed by atoms with Gasteiger partial charge in [0.2, 0.25) is 0 Å². The third kappa shape index (κ3) is 5.15. The molecule has 7 heteroatoms. The number of hydrogen-bond donors (Lipinski definition) is 0. The fourth-order valence-electron chi connectivity index (χ4n) is 4.30. The summed E-state index contributed by atoms with van der Waals surface area (Å²) in [6.07, 6.45) is -0.486. The number of ether oxygens (including phenoxy) is 2. The summed E-state index contributed by atoms with van der Waals surface area (Å²) in [6.45, 7) is 1.93. The van der Waals surface area contributed by atoms with Gasteiger partial charge in [-0.25, -0.2) is 5.01 Å². The zero-order chi connectivity index (χ0) is 25.8. The van der Waals surface area contributed by atoms with E-state index in [0.29, 0.717) is 23.2 Å². The van der Waals surface area contributed by atoms with Crippen molar-refractivity contribution in [1.82, 2.24) is 0 Å². The van der Waals surface area contributed by atoms with Crippen LogP contribution in [0.2, 0.25) is 5.02 Å². The number of benzene rings is 4. The predicted molar refractivity (Wildman–Crippen MR) is 147 cm³/mol. The van der Waals surface area contributed by atoms with Crippen molar-refractivity contribution in [3.05, 3.63) is 119 Å². The van der Waals surface area contributed by atoms with E-state index in [-0.39, 0.29) is 5.78 Å². The van der Waals surface area contributed by atoms with Crippen LogP contribution < -0.4 is 19.4 Å². The molecular weight excluding hydrogens is 486 g/mol. The largest absolute Gasteiger partial charge is 0.497 e. The summed E-state index contributed by atoms with van der Waals surface area (Å²) in [5.74, 6) is 1.60. The second-order valence-corrected chi connectivity index (χ2v) is 8.99. The van der Waals surface area contributed by atoms with Gasteiger partial charge >= 0.3 is 0 Å². The number of rotatable bonds is 8. The number of carbonyl (C=O) groups is 1. The lowest BCUT2D eigenvalue weighted by Crippen LogP contribution is -2.38. The Morgan fingerprint density at radius 1 is 0.865 bits per heavy atom. The van der Waals surface area contributed by atoms with Crippen LogP contribution in [0.25, 0.3) is 0 Å². The fraction of sp³-hybridized carbons (Fsp3) is 0.133. The summed E-state index contributed by atoms with van der Waals surface area (Å²) in [7, 11) is 1.62. The number of hydrogen-bond acceptors (Lipinski definition) is 6. The first-order valence-electron chi connectivity index (χ1n) is 11.9. The first-order chi connectivity index (χ1) is 18.0. The highest BCUT2D eigenvalue weighted by Gasteiger charge is 2.40. The van der Waals surface area contributed by atoms with E-state index >= 15 is 0 Å². The molecule has 1 aliphatic rings. The van der Waals surface area contributed by atoms with E-state index in [2.05, 4.69) is 0 Å². The van der Waals surface area contributed by atoms with Crippen LogP contribution in [0.3, 0.4) is 0 Å². The molecule has 6 nitrogen and oxygen atoms in total. The van der Waals surface area contributed by atoms with Crippen LogP contribution in [0, 0.1) is 0 Å². The molecule has 1 atom stereocenters. The SMILES string of the molecule is COc1ccc(N2C(C(C)=O)=NN(c3ccc(Cl)cc3)[C@H]2c2ccccc2OCc2ccccc2)cc1. The van der Waals surface area contributed by atoms with Gasteiger partial charge in [-0.05, 0) is 60.2 Å². The molecule has 5 rings (SSSR count). The number of carbonyl (C=O) groups excluding carboxylic acids is 1.